The molecule has 1 saturated carbocycles. The zero-order valence-corrected chi connectivity index (χ0v) is 11.1. The smallest absolute Gasteiger partial charge is 0.123 e. The molecule has 2 rings (SSSR count). The largest absolute Gasteiger partial charge is 0.496 e. The van der Waals surface area contributed by atoms with Crippen LogP contribution in [0, 0.1) is 12.8 Å². The maximum atomic E-state index is 5.39. The molecule has 0 aromatic heterocycles. The van der Waals surface area contributed by atoms with Crippen molar-refractivity contribution in [2.24, 2.45) is 5.92 Å². The molecule has 1 unspecified atom stereocenters. The highest BCUT2D eigenvalue weighted by Crippen LogP contribution is 2.29. The van der Waals surface area contributed by atoms with Crippen molar-refractivity contribution in [3.05, 3.63) is 29.3 Å². The van der Waals surface area contributed by atoms with Gasteiger partial charge in [0.25, 0.3) is 0 Å². The Morgan fingerprint density at radius 3 is 2.76 bits per heavy atom. The molecule has 1 aromatic carbocycles. The average molecular weight is 233 g/mol. The number of hydrogen-bond acceptors (Lipinski definition) is 2. The molecule has 0 heterocycles. The summed E-state index contributed by atoms with van der Waals surface area (Å²) in [5.74, 6) is 1.87. The van der Waals surface area contributed by atoms with Crippen molar-refractivity contribution in [1.29, 1.82) is 0 Å². The van der Waals surface area contributed by atoms with Crippen molar-refractivity contribution in [1.82, 2.24) is 5.32 Å². The van der Waals surface area contributed by atoms with Gasteiger partial charge in [0.2, 0.25) is 0 Å². The molecule has 2 nitrogen and oxygen atoms in total. The summed E-state index contributed by atoms with van der Waals surface area (Å²) < 4.78 is 5.39. The predicted octanol–water partition coefficient (Wildman–Crippen LogP) is 3.28. The van der Waals surface area contributed by atoms with Crippen LogP contribution in [-0.4, -0.2) is 13.2 Å². The number of benzene rings is 1. The lowest BCUT2D eigenvalue weighted by Crippen LogP contribution is -2.36. The van der Waals surface area contributed by atoms with E-state index < -0.39 is 0 Å². The van der Waals surface area contributed by atoms with Gasteiger partial charge in [0.15, 0.2) is 0 Å². The van der Waals surface area contributed by atoms with Crippen LogP contribution in [0.4, 0.5) is 0 Å². The molecular formula is C15H23NO. The second-order valence-corrected chi connectivity index (χ2v) is 5.18. The van der Waals surface area contributed by atoms with Crippen LogP contribution in [0.2, 0.25) is 0 Å². The molecule has 1 atom stereocenters. The Hall–Kier alpha value is -1.02. The average Bonchev–Trinajstić information content (AvgIpc) is 2.24. The number of aryl methyl sites for hydroxylation is 1. The molecule has 1 aliphatic carbocycles. The molecule has 0 spiro atoms. The van der Waals surface area contributed by atoms with Crippen molar-refractivity contribution < 1.29 is 4.74 Å². The maximum absolute atomic E-state index is 5.39. The minimum Gasteiger partial charge on any atom is -0.496 e. The fraction of sp³-hybridized carbons (Fsp3) is 0.600. The molecule has 1 N–H and O–H groups in total. The Balaban J connectivity index is 1.94. The Kier molecular flexibility index (Phi) is 4.06. The molecule has 1 aliphatic rings. The first-order valence-electron chi connectivity index (χ1n) is 6.57. The van der Waals surface area contributed by atoms with Crippen LogP contribution in [0.1, 0.15) is 37.3 Å². The Labute approximate surface area is 104 Å². The zero-order chi connectivity index (χ0) is 12.3. The third kappa shape index (κ3) is 3.01. The van der Waals surface area contributed by atoms with E-state index in [0.717, 1.165) is 18.2 Å². The van der Waals surface area contributed by atoms with Crippen molar-refractivity contribution in [3.63, 3.8) is 0 Å². The van der Waals surface area contributed by atoms with Gasteiger partial charge in [-0.15, -0.1) is 0 Å². The Morgan fingerprint density at radius 1 is 1.41 bits per heavy atom. The SMILES string of the molecule is COc1ccc(C)cc1CNC(C)C1CCC1. The van der Waals surface area contributed by atoms with Crippen LogP contribution in [0.25, 0.3) is 0 Å². The number of ether oxygens (including phenoxy) is 1. The lowest BCUT2D eigenvalue weighted by atomic mass is 9.80. The molecule has 0 aliphatic heterocycles. The number of rotatable bonds is 5. The third-order valence-corrected chi connectivity index (χ3v) is 3.91. The third-order valence-electron chi connectivity index (χ3n) is 3.91. The first kappa shape index (κ1) is 12.4. The van der Waals surface area contributed by atoms with E-state index in [9.17, 15) is 0 Å². The van der Waals surface area contributed by atoms with Gasteiger partial charge in [0, 0.05) is 18.2 Å². The van der Waals surface area contributed by atoms with E-state index in [-0.39, 0.29) is 0 Å². The highest BCUT2D eigenvalue weighted by atomic mass is 16.5. The topological polar surface area (TPSA) is 21.3 Å². The summed E-state index contributed by atoms with van der Waals surface area (Å²) in [6.45, 7) is 5.33. The minimum absolute atomic E-state index is 0.619. The van der Waals surface area contributed by atoms with E-state index in [2.05, 4.69) is 37.4 Å². The quantitative estimate of drug-likeness (QED) is 0.842. The van der Waals surface area contributed by atoms with Gasteiger partial charge in [-0.3, -0.25) is 0 Å². The molecular weight excluding hydrogens is 210 g/mol. The van der Waals surface area contributed by atoms with Gasteiger partial charge in [-0.05, 0) is 38.7 Å². The summed E-state index contributed by atoms with van der Waals surface area (Å²) >= 11 is 0. The molecule has 1 aromatic rings. The van der Waals surface area contributed by atoms with Crippen molar-refractivity contribution in [2.75, 3.05) is 7.11 Å². The van der Waals surface area contributed by atoms with Gasteiger partial charge in [-0.25, -0.2) is 0 Å². The highest BCUT2D eigenvalue weighted by molar-refractivity contribution is 5.36. The molecule has 1 fully saturated rings. The Morgan fingerprint density at radius 2 is 2.18 bits per heavy atom. The van der Waals surface area contributed by atoms with E-state index >= 15 is 0 Å². The predicted molar refractivity (Wildman–Crippen MR) is 71.4 cm³/mol. The van der Waals surface area contributed by atoms with Gasteiger partial charge in [0.1, 0.15) is 5.75 Å². The summed E-state index contributed by atoms with van der Waals surface area (Å²) in [6, 6.07) is 6.98. The summed E-state index contributed by atoms with van der Waals surface area (Å²) in [4.78, 5) is 0. The second-order valence-electron chi connectivity index (χ2n) is 5.18. The fourth-order valence-electron chi connectivity index (χ4n) is 2.42. The highest BCUT2D eigenvalue weighted by Gasteiger charge is 2.23. The van der Waals surface area contributed by atoms with Crippen molar-refractivity contribution in [2.45, 2.75) is 45.7 Å². The molecule has 2 heteroatoms. The molecule has 0 bridgehead atoms. The lowest BCUT2D eigenvalue weighted by molar-refractivity contribution is 0.239. The van der Waals surface area contributed by atoms with Crippen LogP contribution < -0.4 is 10.1 Å². The van der Waals surface area contributed by atoms with Crippen LogP contribution >= 0.6 is 0 Å². The molecule has 94 valence electrons. The molecule has 0 amide bonds. The van der Waals surface area contributed by atoms with Gasteiger partial charge < -0.3 is 10.1 Å². The van der Waals surface area contributed by atoms with E-state index in [1.807, 2.05) is 0 Å². The fourth-order valence-corrected chi connectivity index (χ4v) is 2.42. The maximum Gasteiger partial charge on any atom is 0.123 e. The van der Waals surface area contributed by atoms with Crippen LogP contribution in [0.3, 0.4) is 0 Å². The van der Waals surface area contributed by atoms with Gasteiger partial charge in [-0.2, -0.15) is 0 Å². The molecule has 17 heavy (non-hydrogen) atoms. The number of nitrogens with one attached hydrogen (secondary N) is 1. The van der Waals surface area contributed by atoms with Crippen LogP contribution in [0.15, 0.2) is 18.2 Å². The summed E-state index contributed by atoms with van der Waals surface area (Å²) in [7, 11) is 1.74. The zero-order valence-electron chi connectivity index (χ0n) is 11.1. The first-order valence-corrected chi connectivity index (χ1v) is 6.57. The van der Waals surface area contributed by atoms with E-state index in [1.165, 1.54) is 30.4 Å². The summed E-state index contributed by atoms with van der Waals surface area (Å²) in [5, 5.41) is 3.62. The van der Waals surface area contributed by atoms with Gasteiger partial charge >= 0.3 is 0 Å². The summed E-state index contributed by atoms with van der Waals surface area (Å²) in [6.07, 6.45) is 4.18. The molecule has 0 saturated heterocycles. The van der Waals surface area contributed by atoms with Crippen molar-refractivity contribution in [3.8, 4) is 5.75 Å². The normalized spacial score (nSPS) is 17.6. The van der Waals surface area contributed by atoms with Crippen LogP contribution in [-0.2, 0) is 6.54 Å². The van der Waals surface area contributed by atoms with E-state index in [4.69, 9.17) is 4.74 Å². The van der Waals surface area contributed by atoms with Gasteiger partial charge in [-0.1, -0.05) is 24.1 Å². The monoisotopic (exact) mass is 233 g/mol. The van der Waals surface area contributed by atoms with Crippen LogP contribution in [0.5, 0.6) is 5.75 Å². The number of hydrogen-bond donors (Lipinski definition) is 1. The number of methoxy groups -OCH3 is 1. The minimum atomic E-state index is 0.619. The standard InChI is InChI=1S/C15H23NO/c1-11-7-8-15(17-3)14(9-11)10-16-12(2)13-5-4-6-13/h7-9,12-13,16H,4-6,10H2,1-3H3. The first-order chi connectivity index (χ1) is 8.20. The van der Waals surface area contributed by atoms with Crippen molar-refractivity contribution >= 4 is 0 Å². The lowest BCUT2D eigenvalue weighted by Gasteiger charge is -2.32. The van der Waals surface area contributed by atoms with E-state index in [1.54, 1.807) is 7.11 Å². The Bertz CT molecular complexity index is 371. The van der Waals surface area contributed by atoms with Gasteiger partial charge in [0.05, 0.1) is 7.11 Å². The second kappa shape index (κ2) is 5.54. The van der Waals surface area contributed by atoms with E-state index in [0.29, 0.717) is 6.04 Å². The summed E-state index contributed by atoms with van der Waals surface area (Å²) in [5.41, 5.74) is 2.55. The molecule has 0 radical (unpaired) electrons.